The second-order valence-corrected chi connectivity index (χ2v) is 8.21. The fraction of sp³-hybridized carbons (Fsp3) is 0.667. The Morgan fingerprint density at radius 1 is 1.22 bits per heavy atom. The second-order valence-electron chi connectivity index (χ2n) is 8.21. The van der Waals surface area contributed by atoms with Crippen LogP contribution in [0.4, 0.5) is 9.18 Å². The number of amides is 1. The third kappa shape index (κ3) is 4.79. The van der Waals surface area contributed by atoms with E-state index in [1.807, 2.05) is 6.07 Å². The zero-order valence-electron chi connectivity index (χ0n) is 15.8. The molecule has 0 spiro atoms. The number of benzene rings is 1. The summed E-state index contributed by atoms with van der Waals surface area (Å²) >= 11 is 0. The Morgan fingerprint density at radius 2 is 1.93 bits per heavy atom. The fourth-order valence-corrected chi connectivity index (χ4v) is 4.20. The highest BCUT2D eigenvalue weighted by atomic mass is 19.1. The molecule has 0 radical (unpaired) electrons. The van der Waals surface area contributed by atoms with E-state index in [0.717, 1.165) is 32.4 Å². The molecular formula is C21H30FN3O2. The maximum absolute atomic E-state index is 15.1. The number of likely N-dealkylation sites (tertiary alicyclic amines) is 1. The number of hydrogen-bond donors (Lipinski definition) is 2. The molecule has 2 unspecified atom stereocenters. The minimum atomic E-state index is -1.23. The van der Waals surface area contributed by atoms with Crippen molar-refractivity contribution in [3.8, 4) is 0 Å². The van der Waals surface area contributed by atoms with Crippen LogP contribution in [0.5, 0.6) is 0 Å². The van der Waals surface area contributed by atoms with Crippen molar-refractivity contribution in [2.75, 3.05) is 32.7 Å². The molecule has 2 saturated heterocycles. The second kappa shape index (κ2) is 8.15. The molecule has 1 aromatic carbocycles. The molecule has 1 aromatic rings. The number of halogens is 1. The molecule has 5 nitrogen and oxygen atoms in total. The molecule has 0 aromatic heterocycles. The SMILES string of the molecule is O=C(OC1CCNCC1)N1CCC(F)(CNC2CC2c2ccccc2)CC1. The van der Waals surface area contributed by atoms with Gasteiger partial charge < -0.3 is 20.3 Å². The summed E-state index contributed by atoms with van der Waals surface area (Å²) in [6, 6.07) is 10.8. The van der Waals surface area contributed by atoms with Crippen molar-refractivity contribution >= 4 is 6.09 Å². The van der Waals surface area contributed by atoms with Crippen LogP contribution in [-0.4, -0.2) is 61.5 Å². The molecule has 6 heteroatoms. The molecule has 27 heavy (non-hydrogen) atoms. The number of nitrogens with one attached hydrogen (secondary N) is 2. The van der Waals surface area contributed by atoms with Crippen molar-refractivity contribution in [1.82, 2.24) is 15.5 Å². The molecule has 2 atom stereocenters. The minimum Gasteiger partial charge on any atom is -0.446 e. The monoisotopic (exact) mass is 375 g/mol. The van der Waals surface area contributed by atoms with Gasteiger partial charge in [0.15, 0.2) is 0 Å². The summed E-state index contributed by atoms with van der Waals surface area (Å²) in [6.45, 7) is 3.03. The van der Waals surface area contributed by atoms with E-state index in [2.05, 4.69) is 34.9 Å². The summed E-state index contributed by atoms with van der Waals surface area (Å²) < 4.78 is 20.7. The van der Waals surface area contributed by atoms with Crippen LogP contribution < -0.4 is 10.6 Å². The van der Waals surface area contributed by atoms with Crippen LogP contribution in [0.25, 0.3) is 0 Å². The average Bonchev–Trinajstić information content (AvgIpc) is 3.48. The van der Waals surface area contributed by atoms with Gasteiger partial charge >= 0.3 is 6.09 Å². The lowest BCUT2D eigenvalue weighted by atomic mass is 9.93. The molecule has 2 N–H and O–H groups in total. The van der Waals surface area contributed by atoms with Crippen molar-refractivity contribution in [2.45, 2.75) is 55.8 Å². The predicted molar refractivity (Wildman–Crippen MR) is 103 cm³/mol. The van der Waals surface area contributed by atoms with Crippen molar-refractivity contribution in [3.05, 3.63) is 35.9 Å². The van der Waals surface area contributed by atoms with E-state index in [-0.39, 0.29) is 12.2 Å². The smallest absolute Gasteiger partial charge is 0.410 e. The summed E-state index contributed by atoms with van der Waals surface area (Å²) in [5.41, 5.74) is 0.105. The van der Waals surface area contributed by atoms with Crippen LogP contribution in [0.2, 0.25) is 0 Å². The Morgan fingerprint density at radius 3 is 2.63 bits per heavy atom. The van der Waals surface area contributed by atoms with Gasteiger partial charge in [0.2, 0.25) is 0 Å². The molecule has 1 aliphatic carbocycles. The van der Waals surface area contributed by atoms with Gasteiger partial charge in [0.05, 0.1) is 0 Å². The van der Waals surface area contributed by atoms with E-state index in [4.69, 9.17) is 4.74 Å². The van der Waals surface area contributed by atoms with Gasteiger partial charge in [0.1, 0.15) is 11.8 Å². The van der Waals surface area contributed by atoms with Crippen molar-refractivity contribution in [2.24, 2.45) is 0 Å². The molecular weight excluding hydrogens is 345 g/mol. The van der Waals surface area contributed by atoms with Crippen LogP contribution in [0.15, 0.2) is 30.3 Å². The largest absolute Gasteiger partial charge is 0.446 e. The fourth-order valence-electron chi connectivity index (χ4n) is 4.20. The molecule has 1 amide bonds. The Kier molecular flexibility index (Phi) is 5.64. The zero-order valence-corrected chi connectivity index (χ0v) is 15.8. The average molecular weight is 375 g/mol. The lowest BCUT2D eigenvalue weighted by Crippen LogP contribution is -2.50. The van der Waals surface area contributed by atoms with Gasteiger partial charge in [-0.25, -0.2) is 9.18 Å². The first kappa shape index (κ1) is 18.7. The number of piperidine rings is 2. The van der Waals surface area contributed by atoms with Gasteiger partial charge in [0, 0.05) is 44.4 Å². The van der Waals surface area contributed by atoms with Gasteiger partial charge in [-0.3, -0.25) is 0 Å². The highest BCUT2D eigenvalue weighted by Gasteiger charge is 2.42. The van der Waals surface area contributed by atoms with Crippen molar-refractivity contribution in [1.29, 1.82) is 0 Å². The summed E-state index contributed by atoms with van der Waals surface area (Å²) in [5, 5.41) is 6.67. The first-order chi connectivity index (χ1) is 13.1. The molecule has 4 rings (SSSR count). The minimum absolute atomic E-state index is 0.00210. The highest BCUT2D eigenvalue weighted by molar-refractivity contribution is 5.68. The van der Waals surface area contributed by atoms with E-state index < -0.39 is 5.67 Å². The Balaban J connectivity index is 1.18. The van der Waals surface area contributed by atoms with E-state index in [9.17, 15) is 4.79 Å². The van der Waals surface area contributed by atoms with Crippen LogP contribution in [0, 0.1) is 0 Å². The molecule has 2 heterocycles. The standard InChI is InChI=1S/C21H30FN3O2/c22-21(15-24-19-14-18(19)16-4-2-1-3-5-16)8-12-25(13-9-21)20(26)27-17-6-10-23-11-7-17/h1-5,17-19,23-24H,6-15H2. The number of nitrogens with zero attached hydrogens (tertiary/aromatic N) is 1. The van der Waals surface area contributed by atoms with E-state index in [1.54, 1.807) is 4.90 Å². The third-order valence-corrected chi connectivity index (χ3v) is 6.17. The molecule has 1 saturated carbocycles. The van der Waals surface area contributed by atoms with Crippen LogP contribution in [-0.2, 0) is 4.74 Å². The lowest BCUT2D eigenvalue weighted by Gasteiger charge is -2.37. The number of hydrogen-bond acceptors (Lipinski definition) is 4. The van der Waals surface area contributed by atoms with Gasteiger partial charge in [0.25, 0.3) is 0 Å². The van der Waals surface area contributed by atoms with Gasteiger partial charge in [-0.15, -0.1) is 0 Å². The third-order valence-electron chi connectivity index (χ3n) is 6.17. The number of alkyl halides is 1. The quantitative estimate of drug-likeness (QED) is 0.831. The van der Waals surface area contributed by atoms with E-state index >= 15 is 4.39 Å². The molecule has 3 aliphatic rings. The van der Waals surface area contributed by atoms with Crippen LogP contribution in [0.3, 0.4) is 0 Å². The number of ether oxygens (including phenoxy) is 1. The summed E-state index contributed by atoms with van der Waals surface area (Å²) in [4.78, 5) is 14.0. The maximum Gasteiger partial charge on any atom is 0.410 e. The number of rotatable bonds is 5. The topological polar surface area (TPSA) is 53.6 Å². The Hall–Kier alpha value is -1.66. The van der Waals surface area contributed by atoms with Crippen molar-refractivity contribution < 1.29 is 13.9 Å². The molecule has 2 aliphatic heterocycles. The van der Waals surface area contributed by atoms with E-state index in [0.29, 0.717) is 44.4 Å². The Labute approximate surface area is 160 Å². The van der Waals surface area contributed by atoms with E-state index in [1.165, 1.54) is 5.56 Å². The Bertz CT molecular complexity index is 628. The lowest BCUT2D eigenvalue weighted by molar-refractivity contribution is 0.0193. The molecule has 3 fully saturated rings. The summed E-state index contributed by atoms with van der Waals surface area (Å²) in [6.07, 6.45) is 3.29. The van der Waals surface area contributed by atoms with Crippen molar-refractivity contribution in [3.63, 3.8) is 0 Å². The van der Waals surface area contributed by atoms with Gasteiger partial charge in [-0.1, -0.05) is 30.3 Å². The maximum atomic E-state index is 15.1. The number of carbonyl (C=O) groups excluding carboxylic acids is 1. The first-order valence-electron chi connectivity index (χ1n) is 10.3. The van der Waals surface area contributed by atoms with Crippen LogP contribution in [0.1, 0.15) is 43.6 Å². The first-order valence-corrected chi connectivity index (χ1v) is 10.3. The normalized spacial score (nSPS) is 28.0. The van der Waals surface area contributed by atoms with Crippen LogP contribution >= 0.6 is 0 Å². The predicted octanol–water partition coefficient (Wildman–Crippen LogP) is 2.82. The summed E-state index contributed by atoms with van der Waals surface area (Å²) in [5.74, 6) is 0.509. The highest BCUT2D eigenvalue weighted by Crippen LogP contribution is 2.41. The van der Waals surface area contributed by atoms with Gasteiger partial charge in [-0.05, 0) is 37.9 Å². The van der Waals surface area contributed by atoms with Gasteiger partial charge in [-0.2, -0.15) is 0 Å². The molecule has 0 bridgehead atoms. The summed E-state index contributed by atoms with van der Waals surface area (Å²) in [7, 11) is 0. The zero-order chi connectivity index (χ0) is 18.7. The number of carbonyl (C=O) groups is 1. The molecule has 148 valence electrons.